The highest BCUT2D eigenvalue weighted by atomic mass is 19.4. The molecule has 0 atom stereocenters. The quantitative estimate of drug-likeness (QED) is 0.496. The summed E-state index contributed by atoms with van der Waals surface area (Å²) in [6.45, 7) is 3.48. The Labute approximate surface area is 125 Å². The Morgan fingerprint density at radius 2 is 1.86 bits per heavy atom. The first kappa shape index (κ1) is 17.7. The van der Waals surface area contributed by atoms with E-state index in [1.54, 1.807) is 13.8 Å². The lowest BCUT2D eigenvalue weighted by Gasteiger charge is -2.09. The molecule has 0 unspecified atom stereocenters. The maximum atomic E-state index is 12.7. The minimum atomic E-state index is -4.51. The molecule has 2 N–H and O–H groups in total. The number of carbonyl (C=O) groups excluding carboxylic acids is 2. The van der Waals surface area contributed by atoms with Crippen LogP contribution in [0.3, 0.4) is 0 Å². The van der Waals surface area contributed by atoms with Crippen molar-refractivity contribution in [3.8, 4) is 0 Å². The molecule has 2 amide bonds. The van der Waals surface area contributed by atoms with Crippen LogP contribution in [0.5, 0.6) is 0 Å². The van der Waals surface area contributed by atoms with E-state index < -0.39 is 30.0 Å². The van der Waals surface area contributed by atoms with Gasteiger partial charge in [0.05, 0.1) is 11.8 Å². The van der Waals surface area contributed by atoms with Gasteiger partial charge in [0.15, 0.2) is 0 Å². The number of halogens is 3. The molecule has 0 aliphatic heterocycles. The van der Waals surface area contributed by atoms with Gasteiger partial charge in [-0.1, -0.05) is 18.2 Å². The van der Waals surface area contributed by atoms with Crippen LogP contribution in [0.25, 0.3) is 0 Å². The van der Waals surface area contributed by atoms with Crippen LogP contribution < -0.4 is 10.7 Å². The van der Waals surface area contributed by atoms with Gasteiger partial charge in [-0.3, -0.25) is 9.59 Å². The number of carbonyl (C=O) groups is 2. The van der Waals surface area contributed by atoms with Crippen molar-refractivity contribution >= 4 is 18.0 Å². The van der Waals surface area contributed by atoms with Gasteiger partial charge in [0.2, 0.25) is 11.8 Å². The molecule has 8 heteroatoms. The summed E-state index contributed by atoms with van der Waals surface area (Å²) >= 11 is 0. The molecular weight excluding hydrogens is 299 g/mol. The summed E-state index contributed by atoms with van der Waals surface area (Å²) in [7, 11) is 0. The molecule has 22 heavy (non-hydrogen) atoms. The Morgan fingerprint density at radius 3 is 2.45 bits per heavy atom. The number of benzene rings is 1. The topological polar surface area (TPSA) is 70.6 Å². The summed E-state index contributed by atoms with van der Waals surface area (Å²) < 4.78 is 38.2. The second-order valence-electron chi connectivity index (χ2n) is 4.78. The fourth-order valence-corrected chi connectivity index (χ4v) is 1.60. The Bertz CT molecular complexity index is 569. The van der Waals surface area contributed by atoms with Crippen molar-refractivity contribution in [2.45, 2.75) is 32.5 Å². The van der Waals surface area contributed by atoms with Gasteiger partial charge in [0, 0.05) is 11.6 Å². The van der Waals surface area contributed by atoms with Gasteiger partial charge in [0.1, 0.15) is 6.42 Å². The number of hydrogen-bond donors (Lipinski definition) is 2. The number of amides is 2. The highest BCUT2D eigenvalue weighted by molar-refractivity contribution is 5.97. The Kier molecular flexibility index (Phi) is 6.09. The zero-order valence-electron chi connectivity index (χ0n) is 12.1. The van der Waals surface area contributed by atoms with E-state index in [-0.39, 0.29) is 11.6 Å². The summed E-state index contributed by atoms with van der Waals surface area (Å²) in [5.74, 6) is -1.20. The number of nitrogens with zero attached hydrogens (tertiary/aromatic N) is 1. The maximum Gasteiger partial charge on any atom is 0.417 e. The van der Waals surface area contributed by atoms with Crippen LogP contribution in [0, 0.1) is 0 Å². The van der Waals surface area contributed by atoms with Crippen molar-refractivity contribution < 1.29 is 22.8 Å². The van der Waals surface area contributed by atoms with Gasteiger partial charge in [-0.25, -0.2) is 5.43 Å². The van der Waals surface area contributed by atoms with E-state index in [0.29, 0.717) is 0 Å². The highest BCUT2D eigenvalue weighted by Gasteiger charge is 2.32. The predicted molar refractivity (Wildman–Crippen MR) is 75.1 cm³/mol. The number of hydrazone groups is 1. The van der Waals surface area contributed by atoms with Crippen LogP contribution in [0.15, 0.2) is 29.4 Å². The first-order valence-electron chi connectivity index (χ1n) is 6.47. The van der Waals surface area contributed by atoms with E-state index in [2.05, 4.69) is 10.4 Å². The number of alkyl halides is 3. The lowest BCUT2D eigenvalue weighted by Crippen LogP contribution is -2.34. The van der Waals surface area contributed by atoms with Crippen molar-refractivity contribution in [3.63, 3.8) is 0 Å². The third-order valence-corrected chi connectivity index (χ3v) is 2.43. The van der Waals surface area contributed by atoms with Gasteiger partial charge in [-0.15, -0.1) is 0 Å². The third-order valence-electron chi connectivity index (χ3n) is 2.43. The molecule has 1 aromatic carbocycles. The Hall–Kier alpha value is -2.38. The summed E-state index contributed by atoms with van der Waals surface area (Å²) in [6, 6.07) is 4.72. The lowest BCUT2D eigenvalue weighted by atomic mass is 10.1. The fourth-order valence-electron chi connectivity index (χ4n) is 1.60. The van der Waals surface area contributed by atoms with Gasteiger partial charge < -0.3 is 5.32 Å². The second kappa shape index (κ2) is 7.58. The molecule has 0 aromatic heterocycles. The van der Waals surface area contributed by atoms with E-state index in [0.717, 1.165) is 12.3 Å². The lowest BCUT2D eigenvalue weighted by molar-refractivity contribution is -0.137. The minimum Gasteiger partial charge on any atom is -0.353 e. The molecule has 1 rings (SSSR count). The average Bonchev–Trinajstić information content (AvgIpc) is 2.36. The van der Waals surface area contributed by atoms with Crippen LogP contribution >= 0.6 is 0 Å². The highest BCUT2D eigenvalue weighted by Crippen LogP contribution is 2.30. The normalized spacial score (nSPS) is 11.7. The standard InChI is InChI=1S/C14H16F3N3O2/c1-9(2)19-12(21)7-13(22)20-18-8-10-5-3-4-6-11(10)14(15,16)17/h3-6,8-9H,7H2,1-2H3,(H,19,21)(H,20,22)/b18-8-. The van der Waals surface area contributed by atoms with Crippen LogP contribution in [0.1, 0.15) is 31.4 Å². The number of rotatable bonds is 5. The molecule has 0 fully saturated rings. The first-order chi connectivity index (χ1) is 10.2. The molecule has 0 aliphatic rings. The zero-order valence-corrected chi connectivity index (χ0v) is 12.1. The SMILES string of the molecule is CC(C)NC(=O)CC(=O)N/N=C\c1ccccc1C(F)(F)F. The third kappa shape index (κ3) is 5.94. The Balaban J connectivity index is 2.64. The summed E-state index contributed by atoms with van der Waals surface area (Å²) in [5, 5.41) is 5.95. The first-order valence-corrected chi connectivity index (χ1v) is 6.47. The van der Waals surface area contributed by atoms with Crippen LogP contribution in [0.2, 0.25) is 0 Å². The predicted octanol–water partition coefficient (Wildman–Crippen LogP) is 2.07. The molecule has 0 spiro atoms. The van der Waals surface area contributed by atoms with Gasteiger partial charge in [0.25, 0.3) is 0 Å². The average molecular weight is 315 g/mol. The zero-order chi connectivity index (χ0) is 16.8. The molecule has 0 aliphatic carbocycles. The monoisotopic (exact) mass is 315 g/mol. The second-order valence-corrected chi connectivity index (χ2v) is 4.78. The minimum absolute atomic E-state index is 0.109. The Morgan fingerprint density at radius 1 is 1.23 bits per heavy atom. The van der Waals surface area contributed by atoms with E-state index in [4.69, 9.17) is 0 Å². The van der Waals surface area contributed by atoms with Gasteiger partial charge >= 0.3 is 6.18 Å². The fraction of sp³-hybridized carbons (Fsp3) is 0.357. The molecule has 0 saturated heterocycles. The van der Waals surface area contributed by atoms with Crippen molar-refractivity contribution in [1.82, 2.24) is 10.7 Å². The van der Waals surface area contributed by atoms with Gasteiger partial charge in [-0.2, -0.15) is 18.3 Å². The summed E-state index contributed by atoms with van der Waals surface area (Å²) in [4.78, 5) is 22.7. The largest absolute Gasteiger partial charge is 0.417 e. The summed E-state index contributed by atoms with van der Waals surface area (Å²) in [6.07, 6.45) is -4.07. The van der Waals surface area contributed by atoms with Crippen molar-refractivity contribution in [2.75, 3.05) is 0 Å². The molecule has 1 aromatic rings. The molecule has 0 heterocycles. The van der Waals surface area contributed by atoms with E-state index in [1.165, 1.54) is 18.2 Å². The smallest absolute Gasteiger partial charge is 0.353 e. The molecule has 120 valence electrons. The van der Waals surface area contributed by atoms with Crippen molar-refractivity contribution in [1.29, 1.82) is 0 Å². The number of nitrogens with one attached hydrogen (secondary N) is 2. The molecule has 0 radical (unpaired) electrons. The van der Waals surface area contributed by atoms with Crippen LogP contribution in [-0.2, 0) is 15.8 Å². The van der Waals surface area contributed by atoms with E-state index in [9.17, 15) is 22.8 Å². The van der Waals surface area contributed by atoms with E-state index >= 15 is 0 Å². The van der Waals surface area contributed by atoms with Crippen LogP contribution in [-0.4, -0.2) is 24.1 Å². The summed E-state index contributed by atoms with van der Waals surface area (Å²) in [5.41, 5.74) is 0.982. The molecule has 5 nitrogen and oxygen atoms in total. The van der Waals surface area contributed by atoms with E-state index in [1.807, 2.05) is 5.43 Å². The van der Waals surface area contributed by atoms with Crippen LogP contribution in [0.4, 0.5) is 13.2 Å². The van der Waals surface area contributed by atoms with Crippen molar-refractivity contribution in [2.24, 2.45) is 5.10 Å². The van der Waals surface area contributed by atoms with Gasteiger partial charge in [-0.05, 0) is 19.9 Å². The molecular formula is C14H16F3N3O2. The molecule has 0 bridgehead atoms. The van der Waals surface area contributed by atoms with Crippen molar-refractivity contribution in [3.05, 3.63) is 35.4 Å². The molecule has 0 saturated carbocycles. The maximum absolute atomic E-state index is 12.7. The number of hydrogen-bond acceptors (Lipinski definition) is 3.